The van der Waals surface area contributed by atoms with Gasteiger partial charge in [0, 0.05) is 10.4 Å². The monoisotopic (exact) mass is 396 g/mol. The van der Waals surface area contributed by atoms with Crippen molar-refractivity contribution in [3.63, 3.8) is 0 Å². The van der Waals surface area contributed by atoms with Crippen LogP contribution in [0.4, 0.5) is 5.82 Å². The van der Waals surface area contributed by atoms with Gasteiger partial charge in [-0.1, -0.05) is 18.2 Å². The van der Waals surface area contributed by atoms with Crippen LogP contribution >= 0.6 is 22.7 Å². The van der Waals surface area contributed by atoms with Crippen molar-refractivity contribution in [2.24, 2.45) is 5.10 Å². The highest BCUT2D eigenvalue weighted by atomic mass is 32.1. The van der Waals surface area contributed by atoms with Crippen LogP contribution in [-0.4, -0.2) is 27.9 Å². The number of hydrogen-bond donors (Lipinski definition) is 2. The summed E-state index contributed by atoms with van der Waals surface area (Å²) in [6.07, 6.45) is 3.15. The normalized spacial score (nSPS) is 11.3. The first kappa shape index (κ1) is 17.4. The van der Waals surface area contributed by atoms with Gasteiger partial charge in [-0.25, -0.2) is 9.97 Å². The van der Waals surface area contributed by atoms with Crippen molar-refractivity contribution in [1.29, 1.82) is 0 Å². The molecule has 0 aliphatic rings. The van der Waals surface area contributed by atoms with Crippen molar-refractivity contribution in [2.75, 3.05) is 12.0 Å². The number of para-hydroxylation sites is 1. The Morgan fingerprint density at radius 2 is 2.11 bits per heavy atom. The molecule has 1 aromatic carbocycles. The van der Waals surface area contributed by atoms with Gasteiger partial charge in [0.05, 0.1) is 17.7 Å². The van der Waals surface area contributed by atoms with E-state index in [1.807, 2.05) is 48.7 Å². The number of benzene rings is 1. The first-order valence-corrected chi connectivity index (χ1v) is 9.98. The molecule has 3 heterocycles. The van der Waals surface area contributed by atoms with Gasteiger partial charge in [0.15, 0.2) is 11.6 Å². The summed E-state index contributed by atoms with van der Waals surface area (Å²) in [5.41, 5.74) is 4.27. The van der Waals surface area contributed by atoms with Gasteiger partial charge in [0.2, 0.25) is 0 Å². The second-order valence-electron chi connectivity index (χ2n) is 5.49. The molecule has 0 bridgehead atoms. The maximum atomic E-state index is 10.7. The van der Waals surface area contributed by atoms with Gasteiger partial charge >= 0.3 is 0 Å². The summed E-state index contributed by atoms with van der Waals surface area (Å²) < 4.78 is 6.44. The summed E-state index contributed by atoms with van der Waals surface area (Å²) in [5.74, 6) is 1.39. The minimum atomic E-state index is 0.120. The Kier molecular flexibility index (Phi) is 4.99. The maximum Gasteiger partial charge on any atom is 0.167 e. The molecule has 4 rings (SSSR count). The molecule has 0 atom stereocenters. The number of anilines is 1. The summed E-state index contributed by atoms with van der Waals surface area (Å²) in [6, 6.07) is 11.6. The summed E-state index contributed by atoms with van der Waals surface area (Å²) in [6.45, 7) is 2.48. The molecule has 8 heteroatoms. The number of fused-ring (bicyclic) bond motifs is 1. The molecule has 0 amide bonds. The van der Waals surface area contributed by atoms with Crippen molar-refractivity contribution >= 4 is 44.9 Å². The van der Waals surface area contributed by atoms with Gasteiger partial charge in [0.1, 0.15) is 22.3 Å². The molecule has 4 aromatic rings. The van der Waals surface area contributed by atoms with Gasteiger partial charge in [-0.2, -0.15) is 5.10 Å². The van der Waals surface area contributed by atoms with Crippen LogP contribution in [0.2, 0.25) is 0 Å². The van der Waals surface area contributed by atoms with Gasteiger partial charge in [-0.3, -0.25) is 5.43 Å². The van der Waals surface area contributed by atoms with E-state index in [9.17, 15) is 5.11 Å². The van der Waals surface area contributed by atoms with E-state index in [4.69, 9.17) is 4.74 Å². The molecule has 3 aromatic heterocycles. The highest BCUT2D eigenvalue weighted by Crippen LogP contribution is 2.47. The fraction of sp³-hybridized carbons (Fsp3) is 0.105. The summed E-state index contributed by atoms with van der Waals surface area (Å²) in [4.78, 5) is 10.2. The fourth-order valence-electron chi connectivity index (χ4n) is 2.62. The van der Waals surface area contributed by atoms with E-state index in [1.54, 1.807) is 17.6 Å². The number of ether oxygens (including phenoxy) is 1. The molecule has 0 fully saturated rings. The molecule has 0 unspecified atom stereocenters. The number of hydrogen-bond acceptors (Lipinski definition) is 8. The van der Waals surface area contributed by atoms with Crippen LogP contribution in [0, 0.1) is 0 Å². The molecule has 0 aliphatic heterocycles. The van der Waals surface area contributed by atoms with Crippen LogP contribution < -0.4 is 10.2 Å². The number of nitrogens with one attached hydrogen (secondary N) is 1. The average Bonchev–Trinajstić information content (AvgIpc) is 3.32. The summed E-state index contributed by atoms with van der Waals surface area (Å²) in [5, 5.41) is 17.0. The third-order valence-corrected chi connectivity index (χ3v) is 5.80. The quantitative estimate of drug-likeness (QED) is 0.355. The van der Waals surface area contributed by atoms with E-state index in [0.717, 1.165) is 20.9 Å². The predicted octanol–water partition coefficient (Wildman–Crippen LogP) is 4.97. The molecule has 0 saturated heterocycles. The Balaban J connectivity index is 1.74. The lowest BCUT2D eigenvalue weighted by Gasteiger charge is -2.08. The van der Waals surface area contributed by atoms with E-state index in [1.165, 1.54) is 17.7 Å². The fourth-order valence-corrected chi connectivity index (χ4v) is 4.32. The number of rotatable bonds is 6. The molecular formula is C19H16N4O2S2. The molecular weight excluding hydrogens is 380 g/mol. The Bertz CT molecular complexity index is 1090. The molecule has 2 N–H and O–H groups in total. The van der Waals surface area contributed by atoms with Crippen LogP contribution in [0.25, 0.3) is 20.7 Å². The molecule has 0 radical (unpaired) electrons. The highest BCUT2D eigenvalue weighted by molar-refractivity contribution is 7.23. The van der Waals surface area contributed by atoms with Gasteiger partial charge in [0.25, 0.3) is 0 Å². The van der Waals surface area contributed by atoms with Crippen LogP contribution in [0.5, 0.6) is 11.5 Å². The largest absolute Gasteiger partial charge is 0.504 e. The average molecular weight is 396 g/mol. The zero-order chi connectivity index (χ0) is 18.6. The Hall–Kier alpha value is -2.97. The lowest BCUT2D eigenvalue weighted by atomic mass is 10.1. The Morgan fingerprint density at radius 1 is 1.22 bits per heavy atom. The predicted molar refractivity (Wildman–Crippen MR) is 111 cm³/mol. The Morgan fingerprint density at radius 3 is 2.93 bits per heavy atom. The van der Waals surface area contributed by atoms with Crippen molar-refractivity contribution in [2.45, 2.75) is 6.92 Å². The number of nitrogens with zero attached hydrogens (tertiary/aromatic N) is 3. The van der Waals surface area contributed by atoms with Gasteiger partial charge in [-0.05, 0) is 30.5 Å². The number of thiophene rings is 2. The number of hydrazone groups is 1. The summed E-state index contributed by atoms with van der Waals surface area (Å²) >= 11 is 3.00. The second kappa shape index (κ2) is 7.73. The van der Waals surface area contributed by atoms with Gasteiger partial charge < -0.3 is 9.84 Å². The minimum absolute atomic E-state index is 0.120. The highest BCUT2D eigenvalue weighted by Gasteiger charge is 2.19. The van der Waals surface area contributed by atoms with Crippen molar-refractivity contribution < 1.29 is 9.84 Å². The Labute approximate surface area is 163 Å². The van der Waals surface area contributed by atoms with E-state index >= 15 is 0 Å². The molecule has 0 spiro atoms. The van der Waals surface area contributed by atoms with Crippen LogP contribution in [-0.2, 0) is 0 Å². The number of aromatic hydroxyl groups is 1. The van der Waals surface area contributed by atoms with Crippen LogP contribution in [0.3, 0.4) is 0 Å². The van der Waals surface area contributed by atoms with E-state index in [2.05, 4.69) is 20.5 Å². The topological polar surface area (TPSA) is 79.6 Å². The van der Waals surface area contributed by atoms with Crippen molar-refractivity contribution in [3.05, 3.63) is 53.0 Å². The first-order chi connectivity index (χ1) is 13.3. The lowest BCUT2D eigenvalue weighted by molar-refractivity contribution is 0.341. The number of aromatic nitrogens is 2. The van der Waals surface area contributed by atoms with Crippen molar-refractivity contribution in [1.82, 2.24) is 9.97 Å². The third kappa shape index (κ3) is 3.49. The molecule has 0 saturated carbocycles. The zero-order valence-electron chi connectivity index (χ0n) is 14.4. The standard InChI is InChI=1S/C19H16N4O2S2/c1-2-25-14-8-4-3-7-13(14)17-16(24)15-18(27-17)19(21-11-20-15)23-22-10-12-6-5-9-26-12/h3-11,24H,2H2,1H3,(H,20,21,23). The second-order valence-corrected chi connectivity index (χ2v) is 7.49. The molecule has 27 heavy (non-hydrogen) atoms. The molecule has 6 nitrogen and oxygen atoms in total. The molecule has 0 aliphatic carbocycles. The third-order valence-electron chi connectivity index (χ3n) is 3.78. The lowest BCUT2D eigenvalue weighted by Crippen LogP contribution is -1.93. The molecule has 136 valence electrons. The minimum Gasteiger partial charge on any atom is -0.504 e. The van der Waals surface area contributed by atoms with Crippen molar-refractivity contribution in [3.8, 4) is 21.9 Å². The van der Waals surface area contributed by atoms with E-state index in [-0.39, 0.29) is 5.75 Å². The first-order valence-electron chi connectivity index (χ1n) is 8.29. The van der Waals surface area contributed by atoms with E-state index < -0.39 is 0 Å². The summed E-state index contributed by atoms with van der Waals surface area (Å²) in [7, 11) is 0. The SMILES string of the molecule is CCOc1ccccc1-c1sc2c(NN=Cc3cccs3)ncnc2c1O. The smallest absolute Gasteiger partial charge is 0.167 e. The van der Waals surface area contributed by atoms with Crippen LogP contribution in [0.15, 0.2) is 53.2 Å². The zero-order valence-corrected chi connectivity index (χ0v) is 16.0. The van der Waals surface area contributed by atoms with Crippen LogP contribution in [0.1, 0.15) is 11.8 Å². The maximum absolute atomic E-state index is 10.7. The van der Waals surface area contributed by atoms with Gasteiger partial charge in [-0.15, -0.1) is 22.7 Å². The van der Waals surface area contributed by atoms with E-state index in [0.29, 0.717) is 22.8 Å².